The summed E-state index contributed by atoms with van der Waals surface area (Å²) in [5.74, 6) is -2.49. The molecule has 0 aliphatic heterocycles. The van der Waals surface area contributed by atoms with Crippen LogP contribution in [-0.2, 0) is 0 Å². The minimum Gasteiger partial charge on any atom is -0.350 e. The molecule has 2 amide bonds. The normalized spacial score (nSPS) is 10.1. The highest BCUT2D eigenvalue weighted by atomic mass is 19.1. The van der Waals surface area contributed by atoms with Gasteiger partial charge in [-0.1, -0.05) is 18.2 Å². The van der Waals surface area contributed by atoms with Gasteiger partial charge in [0, 0.05) is 18.7 Å². The molecule has 2 rings (SSSR count). The summed E-state index contributed by atoms with van der Waals surface area (Å²) in [6.07, 6.45) is 0. The predicted molar refractivity (Wildman–Crippen MR) is 77.5 cm³/mol. The Balaban J connectivity index is 1.80. The Morgan fingerprint density at radius 3 is 2.18 bits per heavy atom. The van der Waals surface area contributed by atoms with E-state index in [1.54, 1.807) is 30.3 Å². The maximum Gasteiger partial charge on any atom is 0.254 e. The largest absolute Gasteiger partial charge is 0.350 e. The van der Waals surface area contributed by atoms with Crippen molar-refractivity contribution in [1.82, 2.24) is 10.6 Å². The van der Waals surface area contributed by atoms with Gasteiger partial charge in [-0.2, -0.15) is 0 Å². The second-order valence-corrected chi connectivity index (χ2v) is 4.50. The average Bonchev–Trinajstić information content (AvgIpc) is 2.54. The molecule has 22 heavy (non-hydrogen) atoms. The Morgan fingerprint density at radius 2 is 1.50 bits per heavy atom. The Bertz CT molecular complexity index is 675. The van der Waals surface area contributed by atoms with E-state index in [1.165, 1.54) is 0 Å². The van der Waals surface area contributed by atoms with Gasteiger partial charge >= 0.3 is 0 Å². The summed E-state index contributed by atoms with van der Waals surface area (Å²) in [5.41, 5.74) is 0.138. The second kappa shape index (κ2) is 7.31. The quantitative estimate of drug-likeness (QED) is 0.831. The molecule has 0 bridgehead atoms. The molecule has 0 saturated heterocycles. The number of amides is 2. The molecule has 0 aromatic heterocycles. The number of hydrogen-bond acceptors (Lipinski definition) is 2. The zero-order valence-electron chi connectivity index (χ0n) is 11.6. The number of rotatable bonds is 5. The summed E-state index contributed by atoms with van der Waals surface area (Å²) in [6, 6.07) is 11.3. The van der Waals surface area contributed by atoms with Crippen LogP contribution in [0.5, 0.6) is 0 Å². The lowest BCUT2D eigenvalue weighted by atomic mass is 10.2. The first-order valence-corrected chi connectivity index (χ1v) is 6.64. The number of nitrogens with one attached hydrogen (secondary N) is 2. The molecule has 0 fully saturated rings. The van der Waals surface area contributed by atoms with Crippen LogP contribution in [-0.4, -0.2) is 24.9 Å². The van der Waals surface area contributed by atoms with Gasteiger partial charge in [-0.15, -0.1) is 0 Å². The van der Waals surface area contributed by atoms with Crippen molar-refractivity contribution in [2.75, 3.05) is 13.1 Å². The van der Waals surface area contributed by atoms with Gasteiger partial charge in [-0.25, -0.2) is 8.78 Å². The number of hydrogen-bond donors (Lipinski definition) is 2. The van der Waals surface area contributed by atoms with E-state index < -0.39 is 17.5 Å². The summed E-state index contributed by atoms with van der Waals surface area (Å²) in [7, 11) is 0. The maximum absolute atomic E-state index is 13.4. The molecule has 0 spiro atoms. The lowest BCUT2D eigenvalue weighted by molar-refractivity contribution is 0.0925. The van der Waals surface area contributed by atoms with Crippen LogP contribution in [0.1, 0.15) is 20.7 Å². The van der Waals surface area contributed by atoms with E-state index in [0.717, 1.165) is 18.2 Å². The van der Waals surface area contributed by atoms with E-state index in [9.17, 15) is 18.4 Å². The maximum atomic E-state index is 13.4. The standard InChI is InChI=1S/C16H14F2N2O2/c17-12-6-7-14(18)13(10-12)16(22)20-9-8-19-15(21)11-4-2-1-3-5-11/h1-7,10H,8-9H2,(H,19,21)(H,20,22). The van der Waals surface area contributed by atoms with Crippen molar-refractivity contribution in [2.45, 2.75) is 0 Å². The lowest BCUT2D eigenvalue weighted by Gasteiger charge is -2.08. The molecule has 0 aliphatic rings. The minimum absolute atomic E-state index is 0.105. The fourth-order valence-electron chi connectivity index (χ4n) is 1.81. The summed E-state index contributed by atoms with van der Waals surface area (Å²) in [6.45, 7) is 0.282. The molecule has 0 unspecified atom stereocenters. The Kier molecular flexibility index (Phi) is 5.19. The van der Waals surface area contributed by atoms with E-state index in [4.69, 9.17) is 0 Å². The third-order valence-electron chi connectivity index (χ3n) is 2.91. The lowest BCUT2D eigenvalue weighted by Crippen LogP contribution is -2.35. The van der Waals surface area contributed by atoms with Gasteiger partial charge in [0.25, 0.3) is 11.8 Å². The SMILES string of the molecule is O=C(NCCNC(=O)c1cc(F)ccc1F)c1ccccc1. The first-order chi connectivity index (χ1) is 10.6. The summed E-state index contributed by atoms with van der Waals surface area (Å²) >= 11 is 0. The molecule has 4 nitrogen and oxygen atoms in total. The van der Waals surface area contributed by atoms with Gasteiger partial charge < -0.3 is 10.6 Å². The molecule has 0 radical (unpaired) electrons. The Hall–Kier alpha value is -2.76. The third kappa shape index (κ3) is 4.12. The number of carbonyl (C=O) groups is 2. The molecule has 2 N–H and O–H groups in total. The monoisotopic (exact) mass is 304 g/mol. The van der Waals surface area contributed by atoms with Crippen molar-refractivity contribution in [3.63, 3.8) is 0 Å². The topological polar surface area (TPSA) is 58.2 Å². The van der Waals surface area contributed by atoms with Gasteiger partial charge in [-0.3, -0.25) is 9.59 Å². The third-order valence-corrected chi connectivity index (χ3v) is 2.91. The van der Waals surface area contributed by atoms with Crippen LogP contribution in [0.2, 0.25) is 0 Å². The Morgan fingerprint density at radius 1 is 0.864 bits per heavy atom. The van der Waals surface area contributed by atoms with Crippen LogP contribution in [0.3, 0.4) is 0 Å². The highest BCUT2D eigenvalue weighted by Gasteiger charge is 2.12. The van der Waals surface area contributed by atoms with Crippen LogP contribution in [0.15, 0.2) is 48.5 Å². The first kappa shape index (κ1) is 15.6. The zero-order chi connectivity index (χ0) is 15.9. The Labute approximate surface area is 126 Å². The van der Waals surface area contributed by atoms with Crippen LogP contribution in [0.25, 0.3) is 0 Å². The van der Waals surface area contributed by atoms with Gasteiger partial charge in [0.2, 0.25) is 0 Å². The van der Waals surface area contributed by atoms with E-state index in [1.807, 2.05) is 0 Å². The van der Waals surface area contributed by atoms with Crippen molar-refractivity contribution >= 4 is 11.8 Å². The highest BCUT2D eigenvalue weighted by Crippen LogP contribution is 2.09. The molecule has 0 heterocycles. The highest BCUT2D eigenvalue weighted by molar-refractivity contribution is 5.95. The van der Waals surface area contributed by atoms with E-state index >= 15 is 0 Å². The number of carbonyl (C=O) groups excluding carboxylic acids is 2. The molecule has 2 aromatic carbocycles. The van der Waals surface area contributed by atoms with Crippen molar-refractivity contribution in [3.8, 4) is 0 Å². The predicted octanol–water partition coefficient (Wildman–Crippen LogP) is 2.12. The molecular formula is C16H14F2N2O2. The van der Waals surface area contributed by atoms with Crippen molar-refractivity contribution < 1.29 is 18.4 Å². The molecular weight excluding hydrogens is 290 g/mol. The van der Waals surface area contributed by atoms with Crippen LogP contribution >= 0.6 is 0 Å². The summed E-state index contributed by atoms with van der Waals surface area (Å²) in [5, 5.41) is 5.02. The van der Waals surface area contributed by atoms with Gasteiger partial charge in [-0.05, 0) is 30.3 Å². The smallest absolute Gasteiger partial charge is 0.254 e. The second-order valence-electron chi connectivity index (χ2n) is 4.50. The van der Waals surface area contributed by atoms with E-state index in [2.05, 4.69) is 10.6 Å². The minimum atomic E-state index is -0.799. The average molecular weight is 304 g/mol. The van der Waals surface area contributed by atoms with E-state index in [-0.39, 0.29) is 24.6 Å². The van der Waals surface area contributed by atoms with Crippen molar-refractivity contribution in [3.05, 3.63) is 71.3 Å². The molecule has 0 aliphatic carbocycles. The van der Waals surface area contributed by atoms with Gasteiger partial charge in [0.15, 0.2) is 0 Å². The molecule has 6 heteroatoms. The van der Waals surface area contributed by atoms with Crippen molar-refractivity contribution in [1.29, 1.82) is 0 Å². The molecule has 0 saturated carbocycles. The van der Waals surface area contributed by atoms with Crippen molar-refractivity contribution in [2.24, 2.45) is 0 Å². The molecule has 0 atom stereocenters. The first-order valence-electron chi connectivity index (χ1n) is 6.64. The van der Waals surface area contributed by atoms with Gasteiger partial charge in [0.05, 0.1) is 5.56 Å². The fraction of sp³-hybridized carbons (Fsp3) is 0.125. The fourth-order valence-corrected chi connectivity index (χ4v) is 1.81. The van der Waals surface area contributed by atoms with Crippen LogP contribution in [0.4, 0.5) is 8.78 Å². The summed E-state index contributed by atoms with van der Waals surface area (Å²) in [4.78, 5) is 23.4. The molecule has 2 aromatic rings. The van der Waals surface area contributed by atoms with E-state index in [0.29, 0.717) is 5.56 Å². The number of benzene rings is 2. The van der Waals surface area contributed by atoms with Crippen LogP contribution in [0, 0.1) is 11.6 Å². The van der Waals surface area contributed by atoms with Crippen LogP contribution < -0.4 is 10.6 Å². The zero-order valence-corrected chi connectivity index (χ0v) is 11.6. The summed E-state index contributed by atoms with van der Waals surface area (Å²) < 4.78 is 26.4. The van der Waals surface area contributed by atoms with Gasteiger partial charge in [0.1, 0.15) is 11.6 Å². The number of halogens is 2. The molecule has 114 valence electrons.